The Morgan fingerprint density at radius 1 is 1.25 bits per heavy atom. The van der Waals surface area contributed by atoms with Crippen LogP contribution in [-0.4, -0.2) is 11.2 Å². The van der Waals surface area contributed by atoms with E-state index in [4.69, 9.17) is 11.6 Å². The summed E-state index contributed by atoms with van der Waals surface area (Å²) >= 11 is 5.95. The van der Waals surface area contributed by atoms with E-state index in [0.717, 1.165) is 37.1 Å². The van der Waals surface area contributed by atoms with Gasteiger partial charge in [-0.1, -0.05) is 44.4 Å². The summed E-state index contributed by atoms with van der Waals surface area (Å²) < 4.78 is 0. The standard InChI is InChI=1S/C14H21ClO/c1-3-5-6-14(16)10-12-7-8-13(15)9-11(12)4-2/h7-9,14,16H,3-6,10H2,1-2H3. The first-order valence-corrected chi connectivity index (χ1v) is 6.50. The fraction of sp³-hybridized carbons (Fsp3) is 0.571. The molecule has 0 bridgehead atoms. The first-order chi connectivity index (χ1) is 7.67. The van der Waals surface area contributed by atoms with Crippen molar-refractivity contribution in [2.75, 3.05) is 0 Å². The van der Waals surface area contributed by atoms with Crippen LogP contribution in [0.3, 0.4) is 0 Å². The number of aliphatic hydroxyl groups is 1. The van der Waals surface area contributed by atoms with E-state index in [1.54, 1.807) is 0 Å². The highest BCUT2D eigenvalue weighted by molar-refractivity contribution is 6.30. The van der Waals surface area contributed by atoms with Gasteiger partial charge in [0.25, 0.3) is 0 Å². The highest BCUT2D eigenvalue weighted by atomic mass is 35.5. The van der Waals surface area contributed by atoms with Gasteiger partial charge in [-0.05, 0) is 42.5 Å². The normalized spacial score (nSPS) is 12.8. The zero-order valence-electron chi connectivity index (χ0n) is 10.2. The first kappa shape index (κ1) is 13.5. The Balaban J connectivity index is 2.65. The van der Waals surface area contributed by atoms with Gasteiger partial charge in [0.15, 0.2) is 0 Å². The van der Waals surface area contributed by atoms with E-state index in [2.05, 4.69) is 13.8 Å². The molecular formula is C14H21ClO. The molecule has 0 aliphatic heterocycles. The smallest absolute Gasteiger partial charge is 0.0580 e. The summed E-state index contributed by atoms with van der Waals surface area (Å²) in [4.78, 5) is 0. The number of halogens is 1. The number of hydrogen-bond donors (Lipinski definition) is 1. The van der Waals surface area contributed by atoms with Crippen molar-refractivity contribution in [3.8, 4) is 0 Å². The van der Waals surface area contributed by atoms with E-state index in [0.29, 0.717) is 0 Å². The number of unbranched alkanes of at least 4 members (excludes halogenated alkanes) is 1. The van der Waals surface area contributed by atoms with Crippen molar-refractivity contribution in [2.45, 2.75) is 52.1 Å². The van der Waals surface area contributed by atoms with Gasteiger partial charge in [0.1, 0.15) is 0 Å². The minimum atomic E-state index is -0.216. The molecule has 1 unspecified atom stereocenters. The summed E-state index contributed by atoms with van der Waals surface area (Å²) in [6.07, 6.45) is 4.62. The van der Waals surface area contributed by atoms with Crippen LogP contribution in [0, 0.1) is 0 Å². The third kappa shape index (κ3) is 4.15. The number of rotatable bonds is 6. The quantitative estimate of drug-likeness (QED) is 0.797. The monoisotopic (exact) mass is 240 g/mol. The maximum Gasteiger partial charge on any atom is 0.0580 e. The van der Waals surface area contributed by atoms with Gasteiger partial charge >= 0.3 is 0 Å². The van der Waals surface area contributed by atoms with Crippen LogP contribution in [0.4, 0.5) is 0 Å². The lowest BCUT2D eigenvalue weighted by Gasteiger charge is -2.13. The Hall–Kier alpha value is -0.530. The lowest BCUT2D eigenvalue weighted by atomic mass is 9.98. The highest BCUT2D eigenvalue weighted by Gasteiger charge is 2.08. The van der Waals surface area contributed by atoms with E-state index in [1.165, 1.54) is 11.1 Å². The fourth-order valence-corrected chi connectivity index (χ4v) is 2.11. The molecule has 0 heterocycles. The molecule has 90 valence electrons. The van der Waals surface area contributed by atoms with Crippen molar-refractivity contribution < 1.29 is 5.11 Å². The van der Waals surface area contributed by atoms with Gasteiger partial charge in [0.05, 0.1) is 6.10 Å². The van der Waals surface area contributed by atoms with Gasteiger partial charge < -0.3 is 5.11 Å². The lowest BCUT2D eigenvalue weighted by Crippen LogP contribution is -2.11. The number of hydrogen-bond acceptors (Lipinski definition) is 1. The SMILES string of the molecule is CCCCC(O)Cc1ccc(Cl)cc1CC. The largest absolute Gasteiger partial charge is 0.393 e. The Bertz CT molecular complexity index is 323. The van der Waals surface area contributed by atoms with Crippen molar-refractivity contribution in [3.63, 3.8) is 0 Å². The maximum absolute atomic E-state index is 9.89. The van der Waals surface area contributed by atoms with Gasteiger partial charge in [-0.2, -0.15) is 0 Å². The molecule has 1 aromatic rings. The third-order valence-electron chi connectivity index (χ3n) is 2.90. The number of aryl methyl sites for hydroxylation is 1. The van der Waals surface area contributed by atoms with E-state index in [9.17, 15) is 5.11 Å². The van der Waals surface area contributed by atoms with Crippen molar-refractivity contribution >= 4 is 11.6 Å². The molecule has 0 amide bonds. The Labute approximate surface area is 103 Å². The van der Waals surface area contributed by atoms with Crippen molar-refractivity contribution in [3.05, 3.63) is 34.3 Å². The number of aliphatic hydroxyl groups excluding tert-OH is 1. The predicted octanol–water partition coefficient (Wildman–Crippen LogP) is 4.00. The summed E-state index contributed by atoms with van der Waals surface area (Å²) in [7, 11) is 0. The molecule has 0 aliphatic rings. The molecule has 0 saturated heterocycles. The van der Waals surface area contributed by atoms with Gasteiger partial charge in [-0.15, -0.1) is 0 Å². The second-order valence-electron chi connectivity index (χ2n) is 4.27. The van der Waals surface area contributed by atoms with Crippen molar-refractivity contribution in [2.24, 2.45) is 0 Å². The maximum atomic E-state index is 9.89. The van der Waals surface area contributed by atoms with Crippen LogP contribution < -0.4 is 0 Å². The number of benzene rings is 1. The third-order valence-corrected chi connectivity index (χ3v) is 3.13. The molecule has 1 nitrogen and oxygen atoms in total. The zero-order chi connectivity index (χ0) is 12.0. The van der Waals surface area contributed by atoms with Crippen molar-refractivity contribution in [1.82, 2.24) is 0 Å². The van der Waals surface area contributed by atoms with Gasteiger partial charge in [-0.25, -0.2) is 0 Å². The fourth-order valence-electron chi connectivity index (χ4n) is 1.92. The molecule has 0 aliphatic carbocycles. The summed E-state index contributed by atoms with van der Waals surface area (Å²) in [5.41, 5.74) is 2.48. The minimum Gasteiger partial charge on any atom is -0.393 e. The highest BCUT2D eigenvalue weighted by Crippen LogP contribution is 2.19. The first-order valence-electron chi connectivity index (χ1n) is 6.12. The molecule has 0 spiro atoms. The average molecular weight is 241 g/mol. The lowest BCUT2D eigenvalue weighted by molar-refractivity contribution is 0.161. The van der Waals surface area contributed by atoms with Crippen LogP contribution in [0.5, 0.6) is 0 Å². The van der Waals surface area contributed by atoms with Crippen LogP contribution in [0.25, 0.3) is 0 Å². The van der Waals surface area contributed by atoms with Crippen LogP contribution in [0.2, 0.25) is 5.02 Å². The molecule has 1 N–H and O–H groups in total. The van der Waals surface area contributed by atoms with Gasteiger partial charge in [0.2, 0.25) is 0 Å². The second kappa shape index (κ2) is 6.93. The molecule has 16 heavy (non-hydrogen) atoms. The molecule has 0 fully saturated rings. The van der Waals surface area contributed by atoms with Crippen LogP contribution in [0.15, 0.2) is 18.2 Å². The Kier molecular flexibility index (Phi) is 5.86. The zero-order valence-corrected chi connectivity index (χ0v) is 10.9. The molecule has 0 saturated carbocycles. The summed E-state index contributed by atoms with van der Waals surface area (Å²) in [5.74, 6) is 0. The van der Waals surface area contributed by atoms with Crippen LogP contribution >= 0.6 is 11.6 Å². The molecule has 1 atom stereocenters. The van der Waals surface area contributed by atoms with E-state index >= 15 is 0 Å². The molecule has 0 radical (unpaired) electrons. The predicted molar refractivity (Wildman–Crippen MR) is 70.1 cm³/mol. The summed E-state index contributed by atoms with van der Waals surface area (Å²) in [5, 5.41) is 10.7. The van der Waals surface area contributed by atoms with E-state index in [1.807, 2.05) is 18.2 Å². The van der Waals surface area contributed by atoms with Crippen molar-refractivity contribution in [1.29, 1.82) is 0 Å². The molecule has 1 aromatic carbocycles. The molecule has 2 heteroatoms. The topological polar surface area (TPSA) is 20.2 Å². The van der Waals surface area contributed by atoms with Gasteiger partial charge in [0, 0.05) is 5.02 Å². The Morgan fingerprint density at radius 2 is 2.00 bits per heavy atom. The average Bonchev–Trinajstić information content (AvgIpc) is 2.28. The van der Waals surface area contributed by atoms with Crippen LogP contribution in [-0.2, 0) is 12.8 Å². The second-order valence-corrected chi connectivity index (χ2v) is 4.70. The molecular weight excluding hydrogens is 220 g/mol. The summed E-state index contributed by atoms with van der Waals surface area (Å²) in [6.45, 7) is 4.26. The van der Waals surface area contributed by atoms with E-state index < -0.39 is 0 Å². The van der Waals surface area contributed by atoms with E-state index in [-0.39, 0.29) is 6.10 Å². The van der Waals surface area contributed by atoms with Gasteiger partial charge in [-0.3, -0.25) is 0 Å². The molecule has 0 aromatic heterocycles. The summed E-state index contributed by atoms with van der Waals surface area (Å²) in [6, 6.07) is 5.95. The molecule has 1 rings (SSSR count). The minimum absolute atomic E-state index is 0.216. The Morgan fingerprint density at radius 3 is 2.62 bits per heavy atom. The van der Waals surface area contributed by atoms with Crippen LogP contribution in [0.1, 0.15) is 44.2 Å².